The second-order valence-corrected chi connectivity index (χ2v) is 4.45. The van der Waals surface area contributed by atoms with Gasteiger partial charge in [0.25, 0.3) is 5.91 Å². The molecule has 0 aromatic carbocycles. The van der Waals surface area contributed by atoms with E-state index < -0.39 is 42.7 Å². The Morgan fingerprint density at radius 1 is 1.22 bits per heavy atom. The summed E-state index contributed by atoms with van der Waals surface area (Å²) in [5, 5.41) is 40.4. The summed E-state index contributed by atoms with van der Waals surface area (Å²) in [7, 11) is 0. The van der Waals surface area contributed by atoms with Gasteiger partial charge in [-0.2, -0.15) is 0 Å². The quantitative estimate of drug-likeness (QED) is 0.353. The zero-order valence-corrected chi connectivity index (χ0v) is 9.60. The molecule has 5 N–H and O–H groups in total. The molecule has 0 aromatic heterocycles. The van der Waals surface area contributed by atoms with Crippen molar-refractivity contribution in [1.82, 2.24) is 5.32 Å². The fraction of sp³-hybridized carbons (Fsp3) is 0.900. The third-order valence-electron chi connectivity index (χ3n) is 3.11. The molecule has 0 spiro atoms. The number of hydrogen-bond donors (Lipinski definition) is 5. The van der Waals surface area contributed by atoms with Crippen molar-refractivity contribution < 1.29 is 34.7 Å². The lowest BCUT2D eigenvalue weighted by atomic mass is 10.0. The highest BCUT2D eigenvalue weighted by atomic mass is 16.7. The number of carbonyl (C=O) groups excluding carboxylic acids is 1. The molecule has 0 aliphatic carbocycles. The van der Waals surface area contributed by atoms with Gasteiger partial charge in [0.05, 0.1) is 12.7 Å². The van der Waals surface area contributed by atoms with Gasteiger partial charge in [-0.1, -0.05) is 0 Å². The molecule has 0 bridgehead atoms. The van der Waals surface area contributed by atoms with E-state index in [1.54, 1.807) is 0 Å². The molecule has 0 saturated carbocycles. The summed E-state index contributed by atoms with van der Waals surface area (Å²) in [6.45, 7) is 0.173. The fourth-order valence-corrected chi connectivity index (χ4v) is 1.98. The molecule has 2 aliphatic heterocycles. The minimum Gasteiger partial charge on any atom is -0.388 e. The molecule has 6 atom stereocenters. The van der Waals surface area contributed by atoms with E-state index in [2.05, 4.69) is 5.32 Å². The van der Waals surface area contributed by atoms with E-state index in [0.717, 1.165) is 0 Å². The van der Waals surface area contributed by atoms with Gasteiger partial charge >= 0.3 is 0 Å². The molecule has 2 heterocycles. The van der Waals surface area contributed by atoms with Crippen molar-refractivity contribution in [3.8, 4) is 0 Å². The Morgan fingerprint density at radius 3 is 2.67 bits per heavy atom. The number of carbonyl (C=O) groups is 1. The number of nitrogens with one attached hydrogen (secondary N) is 1. The summed E-state index contributed by atoms with van der Waals surface area (Å²) in [5.41, 5.74) is 0. The number of piperidine rings is 1. The lowest BCUT2D eigenvalue weighted by molar-refractivity contribution is -0.290. The van der Waals surface area contributed by atoms with Crippen molar-refractivity contribution in [2.45, 2.75) is 43.2 Å². The molecule has 0 aromatic rings. The molecule has 8 heteroatoms. The molecule has 8 nitrogen and oxygen atoms in total. The third-order valence-corrected chi connectivity index (χ3v) is 3.11. The molecule has 0 radical (unpaired) electrons. The first-order valence-electron chi connectivity index (χ1n) is 5.77. The first kappa shape index (κ1) is 13.7. The number of hydrogen-bond acceptors (Lipinski definition) is 7. The summed E-state index contributed by atoms with van der Waals surface area (Å²) >= 11 is 0. The van der Waals surface area contributed by atoms with E-state index in [9.17, 15) is 25.2 Å². The SMILES string of the molecule is O=C1NCC[C@@H](O[C@@H]2OC[C@H](O)[C@H](O)[C@H]2O)[C@H]1O. The van der Waals surface area contributed by atoms with Crippen molar-refractivity contribution in [3.05, 3.63) is 0 Å². The second-order valence-electron chi connectivity index (χ2n) is 4.45. The third kappa shape index (κ3) is 2.63. The van der Waals surface area contributed by atoms with Crippen LogP contribution in [0.1, 0.15) is 6.42 Å². The van der Waals surface area contributed by atoms with Crippen molar-refractivity contribution in [2.24, 2.45) is 0 Å². The van der Waals surface area contributed by atoms with E-state index in [1.165, 1.54) is 0 Å². The number of rotatable bonds is 2. The molecule has 2 fully saturated rings. The van der Waals surface area contributed by atoms with Gasteiger partial charge < -0.3 is 35.2 Å². The molecule has 18 heavy (non-hydrogen) atoms. The van der Waals surface area contributed by atoms with Crippen molar-refractivity contribution in [3.63, 3.8) is 0 Å². The molecule has 0 unspecified atom stereocenters. The van der Waals surface area contributed by atoms with Crippen LogP contribution in [0.4, 0.5) is 0 Å². The van der Waals surface area contributed by atoms with Gasteiger partial charge in [0, 0.05) is 6.54 Å². The maximum atomic E-state index is 11.2. The lowest BCUT2D eigenvalue weighted by Gasteiger charge is -2.38. The van der Waals surface area contributed by atoms with Crippen LogP contribution in [0.25, 0.3) is 0 Å². The summed E-state index contributed by atoms with van der Waals surface area (Å²) in [5.74, 6) is -0.544. The highest BCUT2D eigenvalue weighted by molar-refractivity contribution is 5.81. The van der Waals surface area contributed by atoms with Crippen LogP contribution in [0.15, 0.2) is 0 Å². The van der Waals surface area contributed by atoms with Crippen LogP contribution in [-0.2, 0) is 14.3 Å². The monoisotopic (exact) mass is 263 g/mol. The van der Waals surface area contributed by atoms with E-state index in [1.807, 2.05) is 0 Å². The van der Waals surface area contributed by atoms with Crippen LogP contribution < -0.4 is 5.32 Å². The Balaban J connectivity index is 1.94. The highest BCUT2D eigenvalue weighted by Gasteiger charge is 2.41. The van der Waals surface area contributed by atoms with Crippen LogP contribution in [0, 0.1) is 0 Å². The van der Waals surface area contributed by atoms with Crippen LogP contribution in [0.3, 0.4) is 0 Å². The Bertz CT molecular complexity index is 313. The topological polar surface area (TPSA) is 128 Å². The molecule has 104 valence electrons. The number of aliphatic hydroxyl groups is 4. The van der Waals surface area contributed by atoms with E-state index in [-0.39, 0.29) is 6.61 Å². The van der Waals surface area contributed by atoms with Gasteiger partial charge in [-0.25, -0.2) is 0 Å². The molecular weight excluding hydrogens is 246 g/mol. The van der Waals surface area contributed by atoms with Gasteiger partial charge in [0.2, 0.25) is 0 Å². The van der Waals surface area contributed by atoms with Crippen LogP contribution in [0.5, 0.6) is 0 Å². The van der Waals surface area contributed by atoms with Crippen LogP contribution in [-0.4, -0.2) is 76.3 Å². The second kappa shape index (κ2) is 5.47. The summed E-state index contributed by atoms with van der Waals surface area (Å²) in [6.07, 6.45) is -6.92. The van der Waals surface area contributed by atoms with Gasteiger partial charge in [-0.05, 0) is 6.42 Å². The van der Waals surface area contributed by atoms with Crippen LogP contribution in [0.2, 0.25) is 0 Å². The minimum absolute atomic E-state index is 0.183. The van der Waals surface area contributed by atoms with Gasteiger partial charge in [-0.3, -0.25) is 4.79 Å². The summed E-state index contributed by atoms with van der Waals surface area (Å²) in [6, 6.07) is 0. The number of ether oxygens (including phenoxy) is 2. The van der Waals surface area contributed by atoms with Crippen LogP contribution >= 0.6 is 0 Å². The largest absolute Gasteiger partial charge is 0.388 e. The fourth-order valence-electron chi connectivity index (χ4n) is 1.98. The Hall–Kier alpha value is -0.770. The maximum absolute atomic E-state index is 11.2. The number of amides is 1. The van der Waals surface area contributed by atoms with Gasteiger partial charge in [0.1, 0.15) is 18.3 Å². The van der Waals surface area contributed by atoms with E-state index >= 15 is 0 Å². The lowest BCUT2D eigenvalue weighted by Crippen LogP contribution is -2.57. The van der Waals surface area contributed by atoms with Gasteiger partial charge in [-0.15, -0.1) is 0 Å². The highest BCUT2D eigenvalue weighted by Crippen LogP contribution is 2.21. The van der Waals surface area contributed by atoms with Crippen molar-refractivity contribution in [1.29, 1.82) is 0 Å². The number of aliphatic hydroxyl groups excluding tert-OH is 4. The molecule has 2 saturated heterocycles. The smallest absolute Gasteiger partial charge is 0.251 e. The molecular formula is C10H17NO7. The van der Waals surface area contributed by atoms with E-state index in [4.69, 9.17) is 9.47 Å². The predicted octanol–water partition coefficient (Wildman–Crippen LogP) is -3.31. The minimum atomic E-state index is -1.43. The molecule has 1 amide bonds. The summed E-state index contributed by atoms with van der Waals surface area (Å²) in [4.78, 5) is 11.2. The zero-order valence-electron chi connectivity index (χ0n) is 9.60. The van der Waals surface area contributed by atoms with Crippen molar-refractivity contribution in [2.75, 3.05) is 13.2 Å². The zero-order chi connectivity index (χ0) is 13.3. The predicted molar refractivity (Wildman–Crippen MR) is 56.3 cm³/mol. The first-order valence-corrected chi connectivity index (χ1v) is 5.77. The summed E-state index contributed by atoms with van der Waals surface area (Å²) < 4.78 is 10.3. The Morgan fingerprint density at radius 2 is 1.94 bits per heavy atom. The Kier molecular flexibility index (Phi) is 4.15. The van der Waals surface area contributed by atoms with E-state index in [0.29, 0.717) is 13.0 Å². The first-order chi connectivity index (χ1) is 8.50. The molecule has 2 rings (SSSR count). The average Bonchev–Trinajstić information content (AvgIpc) is 2.35. The standard InChI is InChI=1S/C10H17NO7/c12-4-3-17-10(8(15)6(4)13)18-5-1-2-11-9(16)7(5)14/h4-8,10,12-15H,1-3H2,(H,11,16)/t4-,5+,6-,7+,8+,10-/m0/s1. The Labute approximate surface area is 103 Å². The van der Waals surface area contributed by atoms with Crippen molar-refractivity contribution >= 4 is 5.91 Å². The maximum Gasteiger partial charge on any atom is 0.251 e. The normalized spacial score (nSPS) is 45.7. The molecule has 2 aliphatic rings. The average molecular weight is 263 g/mol. The van der Waals surface area contributed by atoms with Gasteiger partial charge in [0.15, 0.2) is 12.4 Å².